The minimum Gasteiger partial charge on any atom is -0.444 e. The summed E-state index contributed by atoms with van der Waals surface area (Å²) < 4.78 is 5.38. The minimum atomic E-state index is -0.425. The van der Waals surface area contributed by atoms with Crippen LogP contribution in [0.1, 0.15) is 27.2 Å². The Morgan fingerprint density at radius 3 is 2.71 bits per heavy atom. The van der Waals surface area contributed by atoms with Crippen LogP contribution in [0.3, 0.4) is 0 Å². The second-order valence-electron chi connectivity index (χ2n) is 5.59. The topological polar surface area (TPSA) is 55.6 Å². The Morgan fingerprint density at radius 1 is 1.53 bits per heavy atom. The van der Waals surface area contributed by atoms with E-state index in [9.17, 15) is 4.79 Å². The molecule has 4 nitrogen and oxygen atoms in total. The molecular formula is C12H24N2O2S. The molecule has 0 bridgehead atoms. The number of carbonyl (C=O) groups excluding carboxylic acids is 1. The third-order valence-electron chi connectivity index (χ3n) is 2.83. The standard InChI is InChI=1S/C12H24N2O2S/c1-12(2,3)16-11(15)14-6-5-10(13)9(7-14)8-17-4/h9-10H,5-8,13H2,1-4H3. The quantitative estimate of drug-likeness (QED) is 0.824. The van der Waals surface area contributed by atoms with Gasteiger partial charge in [-0.3, -0.25) is 0 Å². The molecule has 2 N–H and O–H groups in total. The molecule has 2 atom stereocenters. The van der Waals surface area contributed by atoms with Crippen LogP contribution in [0, 0.1) is 5.92 Å². The summed E-state index contributed by atoms with van der Waals surface area (Å²) in [7, 11) is 0. The highest BCUT2D eigenvalue weighted by Crippen LogP contribution is 2.21. The molecule has 5 heteroatoms. The monoisotopic (exact) mass is 260 g/mol. The molecule has 1 amide bonds. The van der Waals surface area contributed by atoms with E-state index >= 15 is 0 Å². The Bertz CT molecular complexity index is 266. The molecule has 1 fully saturated rings. The highest BCUT2D eigenvalue weighted by atomic mass is 32.2. The Balaban J connectivity index is 2.52. The maximum absolute atomic E-state index is 11.9. The van der Waals surface area contributed by atoms with Crippen molar-refractivity contribution in [1.82, 2.24) is 4.90 Å². The fourth-order valence-corrected chi connectivity index (χ4v) is 2.71. The number of likely N-dealkylation sites (tertiary alicyclic amines) is 1. The second-order valence-corrected chi connectivity index (χ2v) is 6.50. The number of hydrogen-bond donors (Lipinski definition) is 1. The molecule has 0 spiro atoms. The summed E-state index contributed by atoms with van der Waals surface area (Å²) in [5.74, 6) is 1.38. The molecule has 17 heavy (non-hydrogen) atoms. The third kappa shape index (κ3) is 4.76. The predicted octanol–water partition coefficient (Wildman–Crippen LogP) is 1.93. The zero-order valence-electron chi connectivity index (χ0n) is 11.2. The Kier molecular flexibility index (Phi) is 5.13. The summed E-state index contributed by atoms with van der Waals surface area (Å²) in [6, 6.07) is 0.209. The number of piperidine rings is 1. The summed E-state index contributed by atoms with van der Waals surface area (Å²) in [6.07, 6.45) is 2.72. The van der Waals surface area contributed by atoms with Gasteiger partial charge in [0.15, 0.2) is 0 Å². The lowest BCUT2D eigenvalue weighted by molar-refractivity contribution is 0.0161. The highest BCUT2D eigenvalue weighted by Gasteiger charge is 2.31. The van der Waals surface area contributed by atoms with E-state index in [-0.39, 0.29) is 12.1 Å². The van der Waals surface area contributed by atoms with Crippen molar-refractivity contribution in [2.24, 2.45) is 11.7 Å². The average Bonchev–Trinajstić information content (AvgIpc) is 2.19. The van der Waals surface area contributed by atoms with E-state index in [0.717, 1.165) is 18.7 Å². The van der Waals surface area contributed by atoms with E-state index in [1.165, 1.54) is 0 Å². The van der Waals surface area contributed by atoms with Crippen LogP contribution in [-0.4, -0.2) is 47.7 Å². The van der Waals surface area contributed by atoms with Crippen molar-refractivity contribution >= 4 is 17.9 Å². The molecule has 0 aliphatic carbocycles. The molecule has 0 aromatic rings. The van der Waals surface area contributed by atoms with Gasteiger partial charge in [-0.2, -0.15) is 11.8 Å². The molecule has 0 saturated carbocycles. The second kappa shape index (κ2) is 5.96. The smallest absolute Gasteiger partial charge is 0.410 e. The lowest BCUT2D eigenvalue weighted by Crippen LogP contribution is -2.51. The van der Waals surface area contributed by atoms with Crippen molar-refractivity contribution in [2.75, 3.05) is 25.1 Å². The molecule has 1 aliphatic heterocycles. The van der Waals surface area contributed by atoms with Gasteiger partial charge in [0.2, 0.25) is 0 Å². The normalized spacial score (nSPS) is 25.8. The van der Waals surface area contributed by atoms with Crippen LogP contribution in [0.5, 0.6) is 0 Å². The number of carbonyl (C=O) groups is 1. The van der Waals surface area contributed by atoms with Crippen molar-refractivity contribution in [3.8, 4) is 0 Å². The van der Waals surface area contributed by atoms with Crippen LogP contribution < -0.4 is 5.73 Å². The number of hydrogen-bond acceptors (Lipinski definition) is 4. The molecule has 1 aliphatic rings. The van der Waals surface area contributed by atoms with E-state index in [2.05, 4.69) is 6.26 Å². The third-order valence-corrected chi connectivity index (χ3v) is 3.59. The van der Waals surface area contributed by atoms with Gasteiger partial charge in [0, 0.05) is 25.0 Å². The summed E-state index contributed by atoms with van der Waals surface area (Å²) in [6.45, 7) is 7.10. The molecule has 1 rings (SSSR count). The first kappa shape index (κ1) is 14.6. The molecule has 1 heterocycles. The number of rotatable bonds is 2. The maximum Gasteiger partial charge on any atom is 0.410 e. The van der Waals surface area contributed by atoms with E-state index in [1.54, 1.807) is 16.7 Å². The zero-order valence-corrected chi connectivity index (χ0v) is 12.0. The van der Waals surface area contributed by atoms with Crippen molar-refractivity contribution in [3.05, 3.63) is 0 Å². The van der Waals surface area contributed by atoms with E-state index < -0.39 is 5.60 Å². The first-order valence-corrected chi connectivity index (χ1v) is 7.45. The fraction of sp³-hybridized carbons (Fsp3) is 0.917. The van der Waals surface area contributed by atoms with Crippen LogP contribution in [-0.2, 0) is 4.74 Å². The Morgan fingerprint density at radius 2 is 2.18 bits per heavy atom. The SMILES string of the molecule is CSCC1CN(C(=O)OC(C)(C)C)CCC1N. The molecule has 100 valence electrons. The van der Waals surface area contributed by atoms with Gasteiger partial charge >= 0.3 is 6.09 Å². The number of amides is 1. The van der Waals surface area contributed by atoms with Crippen molar-refractivity contribution in [2.45, 2.75) is 38.8 Å². The van der Waals surface area contributed by atoms with Crippen molar-refractivity contribution in [1.29, 1.82) is 0 Å². The molecule has 0 aromatic heterocycles. The Hall–Kier alpha value is -0.420. The van der Waals surface area contributed by atoms with Crippen LogP contribution >= 0.6 is 11.8 Å². The average molecular weight is 260 g/mol. The van der Waals surface area contributed by atoms with Gasteiger partial charge in [0.1, 0.15) is 5.60 Å². The fourth-order valence-electron chi connectivity index (χ4n) is 1.93. The van der Waals surface area contributed by atoms with Crippen molar-refractivity contribution in [3.63, 3.8) is 0 Å². The van der Waals surface area contributed by atoms with Gasteiger partial charge in [-0.25, -0.2) is 4.79 Å². The lowest BCUT2D eigenvalue weighted by atomic mass is 9.95. The van der Waals surface area contributed by atoms with E-state index in [1.807, 2.05) is 20.8 Å². The van der Waals surface area contributed by atoms with Gasteiger partial charge in [0.25, 0.3) is 0 Å². The van der Waals surface area contributed by atoms with Crippen molar-refractivity contribution < 1.29 is 9.53 Å². The molecular weight excluding hydrogens is 236 g/mol. The lowest BCUT2D eigenvalue weighted by Gasteiger charge is -2.37. The number of nitrogens with two attached hydrogens (primary N) is 1. The summed E-state index contributed by atoms with van der Waals surface area (Å²) in [5, 5.41) is 0. The van der Waals surface area contributed by atoms with E-state index in [0.29, 0.717) is 12.5 Å². The van der Waals surface area contributed by atoms with Crippen LogP contribution in [0.25, 0.3) is 0 Å². The van der Waals surface area contributed by atoms with Gasteiger partial charge in [-0.1, -0.05) is 0 Å². The van der Waals surface area contributed by atoms with Crippen LogP contribution in [0.15, 0.2) is 0 Å². The Labute approximate surface area is 108 Å². The maximum atomic E-state index is 11.9. The van der Waals surface area contributed by atoms with E-state index in [4.69, 9.17) is 10.5 Å². The first-order chi connectivity index (χ1) is 7.83. The van der Waals surface area contributed by atoms with Gasteiger partial charge in [0.05, 0.1) is 0 Å². The molecule has 0 aromatic carbocycles. The number of ether oxygens (including phenoxy) is 1. The first-order valence-electron chi connectivity index (χ1n) is 6.06. The minimum absolute atomic E-state index is 0.209. The van der Waals surface area contributed by atoms with Gasteiger partial charge in [-0.15, -0.1) is 0 Å². The van der Waals surface area contributed by atoms with Crippen LogP contribution in [0.4, 0.5) is 4.79 Å². The number of thioether (sulfide) groups is 1. The van der Waals surface area contributed by atoms with Gasteiger partial charge in [-0.05, 0) is 39.2 Å². The zero-order chi connectivity index (χ0) is 13.1. The largest absolute Gasteiger partial charge is 0.444 e. The summed E-state index contributed by atoms with van der Waals surface area (Å²) in [4.78, 5) is 13.7. The highest BCUT2D eigenvalue weighted by molar-refractivity contribution is 7.98. The van der Waals surface area contributed by atoms with Gasteiger partial charge < -0.3 is 15.4 Å². The summed E-state index contributed by atoms with van der Waals surface area (Å²) >= 11 is 1.78. The molecule has 2 unspecified atom stereocenters. The predicted molar refractivity (Wildman–Crippen MR) is 72.3 cm³/mol. The number of nitrogens with zero attached hydrogens (tertiary/aromatic N) is 1. The molecule has 0 radical (unpaired) electrons. The molecule has 1 saturated heterocycles. The summed E-state index contributed by atoms with van der Waals surface area (Å²) in [5.41, 5.74) is 5.64. The van der Waals surface area contributed by atoms with Crippen LogP contribution in [0.2, 0.25) is 0 Å².